The Bertz CT molecular complexity index is 324. The Morgan fingerprint density at radius 1 is 1.44 bits per heavy atom. The van der Waals surface area contributed by atoms with E-state index in [9.17, 15) is 0 Å². The van der Waals surface area contributed by atoms with Gasteiger partial charge >= 0.3 is 0 Å². The Balaban J connectivity index is 1.51. The lowest BCUT2D eigenvalue weighted by molar-refractivity contribution is 0.268. The van der Waals surface area contributed by atoms with Gasteiger partial charge in [-0.25, -0.2) is 0 Å². The van der Waals surface area contributed by atoms with Crippen LogP contribution in [0.1, 0.15) is 11.3 Å². The molecule has 0 bridgehead atoms. The SMILES string of the molecule is CN(C)C1CCN(CCNCCc2cccs2)C1. The number of thiophene rings is 1. The van der Waals surface area contributed by atoms with Gasteiger partial charge in [-0.3, -0.25) is 0 Å². The number of hydrogen-bond acceptors (Lipinski definition) is 4. The Kier molecular flexibility index (Phi) is 5.63. The molecule has 2 heterocycles. The maximum absolute atomic E-state index is 3.55. The second-order valence-corrected chi connectivity index (χ2v) is 6.32. The molecule has 2 rings (SSSR count). The molecule has 1 atom stereocenters. The highest BCUT2D eigenvalue weighted by atomic mass is 32.1. The molecule has 1 aliphatic rings. The number of hydrogen-bond donors (Lipinski definition) is 1. The summed E-state index contributed by atoms with van der Waals surface area (Å²) in [6, 6.07) is 5.11. The van der Waals surface area contributed by atoms with E-state index in [1.54, 1.807) is 0 Å². The molecule has 1 N–H and O–H groups in total. The molecular weight excluding hydrogens is 242 g/mol. The minimum Gasteiger partial charge on any atom is -0.315 e. The molecule has 4 heteroatoms. The van der Waals surface area contributed by atoms with Crippen LogP contribution in [-0.4, -0.2) is 62.7 Å². The van der Waals surface area contributed by atoms with E-state index in [4.69, 9.17) is 0 Å². The van der Waals surface area contributed by atoms with Crippen molar-refractivity contribution < 1.29 is 0 Å². The summed E-state index contributed by atoms with van der Waals surface area (Å²) in [5.74, 6) is 0. The quantitative estimate of drug-likeness (QED) is 0.756. The minimum absolute atomic E-state index is 0.760. The van der Waals surface area contributed by atoms with Crippen molar-refractivity contribution in [3.63, 3.8) is 0 Å². The van der Waals surface area contributed by atoms with E-state index >= 15 is 0 Å². The van der Waals surface area contributed by atoms with E-state index in [2.05, 4.69) is 46.7 Å². The van der Waals surface area contributed by atoms with E-state index in [0.29, 0.717) is 0 Å². The van der Waals surface area contributed by atoms with Crippen molar-refractivity contribution in [2.24, 2.45) is 0 Å². The first-order chi connectivity index (χ1) is 8.75. The van der Waals surface area contributed by atoms with Crippen LogP contribution in [0.15, 0.2) is 17.5 Å². The molecule has 0 saturated carbocycles. The maximum atomic E-state index is 3.55. The molecule has 0 radical (unpaired) electrons. The summed E-state index contributed by atoms with van der Waals surface area (Å²) >= 11 is 1.85. The van der Waals surface area contributed by atoms with Crippen LogP contribution in [0.5, 0.6) is 0 Å². The second-order valence-electron chi connectivity index (χ2n) is 5.29. The van der Waals surface area contributed by atoms with Crippen LogP contribution in [0.25, 0.3) is 0 Å². The third-order valence-electron chi connectivity index (χ3n) is 3.71. The van der Waals surface area contributed by atoms with E-state index < -0.39 is 0 Å². The van der Waals surface area contributed by atoms with Gasteiger partial charge in [-0.1, -0.05) is 6.07 Å². The molecule has 1 aliphatic heterocycles. The van der Waals surface area contributed by atoms with Gasteiger partial charge in [0.15, 0.2) is 0 Å². The minimum atomic E-state index is 0.760. The predicted molar refractivity (Wildman–Crippen MR) is 79.4 cm³/mol. The number of rotatable bonds is 7. The van der Waals surface area contributed by atoms with E-state index in [1.165, 1.54) is 30.9 Å². The van der Waals surface area contributed by atoms with Gasteiger partial charge in [0.1, 0.15) is 0 Å². The van der Waals surface area contributed by atoms with Crippen molar-refractivity contribution in [1.29, 1.82) is 0 Å². The van der Waals surface area contributed by atoms with Gasteiger partial charge in [-0.05, 0) is 44.9 Å². The molecule has 102 valence electrons. The average Bonchev–Trinajstić information content (AvgIpc) is 2.98. The molecule has 0 amide bonds. The molecule has 18 heavy (non-hydrogen) atoms. The van der Waals surface area contributed by atoms with Gasteiger partial charge in [0.25, 0.3) is 0 Å². The van der Waals surface area contributed by atoms with Crippen LogP contribution in [0.2, 0.25) is 0 Å². The first-order valence-corrected chi connectivity index (χ1v) is 7.75. The lowest BCUT2D eigenvalue weighted by atomic mass is 10.2. The molecule has 0 spiro atoms. The molecular formula is C14H25N3S. The van der Waals surface area contributed by atoms with Crippen molar-refractivity contribution in [2.45, 2.75) is 18.9 Å². The molecule has 0 aromatic carbocycles. The van der Waals surface area contributed by atoms with E-state index in [0.717, 1.165) is 25.6 Å². The highest BCUT2D eigenvalue weighted by Crippen LogP contribution is 2.12. The first-order valence-electron chi connectivity index (χ1n) is 6.87. The Hall–Kier alpha value is -0.420. The van der Waals surface area contributed by atoms with E-state index in [-0.39, 0.29) is 0 Å². The third-order valence-corrected chi connectivity index (χ3v) is 4.65. The lowest BCUT2D eigenvalue weighted by Crippen LogP contribution is -2.35. The van der Waals surface area contributed by atoms with Crippen LogP contribution < -0.4 is 5.32 Å². The van der Waals surface area contributed by atoms with Crippen molar-refractivity contribution in [2.75, 3.05) is 46.8 Å². The number of nitrogens with zero attached hydrogens (tertiary/aromatic N) is 2. The van der Waals surface area contributed by atoms with Crippen LogP contribution in [0.3, 0.4) is 0 Å². The monoisotopic (exact) mass is 267 g/mol. The number of likely N-dealkylation sites (tertiary alicyclic amines) is 1. The number of nitrogens with one attached hydrogen (secondary N) is 1. The highest BCUT2D eigenvalue weighted by molar-refractivity contribution is 7.09. The topological polar surface area (TPSA) is 18.5 Å². The van der Waals surface area contributed by atoms with Gasteiger partial charge in [0.05, 0.1) is 0 Å². The van der Waals surface area contributed by atoms with Crippen LogP contribution in [0.4, 0.5) is 0 Å². The highest BCUT2D eigenvalue weighted by Gasteiger charge is 2.22. The normalized spacial score (nSPS) is 20.9. The maximum Gasteiger partial charge on any atom is 0.0229 e. The molecule has 0 aliphatic carbocycles. The molecule has 1 fully saturated rings. The van der Waals surface area contributed by atoms with Gasteiger partial charge in [-0.15, -0.1) is 11.3 Å². The first kappa shape index (κ1) is 14.0. The van der Waals surface area contributed by atoms with Gasteiger partial charge in [-0.2, -0.15) is 0 Å². The summed E-state index contributed by atoms with van der Waals surface area (Å²) in [5.41, 5.74) is 0. The van der Waals surface area contributed by atoms with Crippen molar-refractivity contribution in [3.8, 4) is 0 Å². The zero-order valence-corrected chi connectivity index (χ0v) is 12.4. The summed E-state index contributed by atoms with van der Waals surface area (Å²) in [6.07, 6.45) is 2.49. The largest absolute Gasteiger partial charge is 0.315 e. The summed E-state index contributed by atoms with van der Waals surface area (Å²) in [7, 11) is 4.38. The summed E-state index contributed by atoms with van der Waals surface area (Å²) in [5, 5.41) is 5.70. The molecule has 3 nitrogen and oxygen atoms in total. The smallest absolute Gasteiger partial charge is 0.0229 e. The van der Waals surface area contributed by atoms with Gasteiger partial charge < -0.3 is 15.1 Å². The van der Waals surface area contributed by atoms with Crippen molar-refractivity contribution in [1.82, 2.24) is 15.1 Å². The summed E-state index contributed by atoms with van der Waals surface area (Å²) in [6.45, 7) is 5.90. The van der Waals surface area contributed by atoms with Crippen LogP contribution >= 0.6 is 11.3 Å². The summed E-state index contributed by atoms with van der Waals surface area (Å²) in [4.78, 5) is 6.41. The summed E-state index contributed by atoms with van der Waals surface area (Å²) < 4.78 is 0. The van der Waals surface area contributed by atoms with Gasteiger partial charge in [0, 0.05) is 37.1 Å². The average molecular weight is 267 g/mol. The third kappa shape index (κ3) is 4.35. The van der Waals surface area contributed by atoms with Crippen molar-refractivity contribution >= 4 is 11.3 Å². The van der Waals surface area contributed by atoms with Crippen molar-refractivity contribution in [3.05, 3.63) is 22.4 Å². The van der Waals surface area contributed by atoms with Crippen LogP contribution in [-0.2, 0) is 6.42 Å². The fraction of sp³-hybridized carbons (Fsp3) is 0.714. The lowest BCUT2D eigenvalue weighted by Gasteiger charge is -2.20. The fourth-order valence-electron chi connectivity index (χ4n) is 2.47. The van der Waals surface area contributed by atoms with Gasteiger partial charge in [0.2, 0.25) is 0 Å². The standard InChI is InChI=1S/C14H25N3S/c1-16(2)13-6-9-17(12-13)10-8-15-7-5-14-4-3-11-18-14/h3-4,11,13,15H,5-10,12H2,1-2H3. The number of likely N-dealkylation sites (N-methyl/N-ethyl adjacent to an activating group) is 1. The van der Waals surface area contributed by atoms with E-state index in [1.807, 2.05) is 11.3 Å². The Morgan fingerprint density at radius 3 is 3.00 bits per heavy atom. The Morgan fingerprint density at radius 2 is 2.33 bits per heavy atom. The molecule has 1 aromatic heterocycles. The van der Waals surface area contributed by atoms with Crippen LogP contribution in [0, 0.1) is 0 Å². The Labute approximate surface area is 115 Å². The molecule has 1 saturated heterocycles. The fourth-order valence-corrected chi connectivity index (χ4v) is 3.17. The zero-order valence-electron chi connectivity index (χ0n) is 11.6. The zero-order chi connectivity index (χ0) is 12.8. The second kappa shape index (κ2) is 7.24. The molecule has 1 aromatic rings. The predicted octanol–water partition coefficient (Wildman–Crippen LogP) is 1.52. The molecule has 1 unspecified atom stereocenters.